The van der Waals surface area contributed by atoms with Gasteiger partial charge in [-0.05, 0) is 43.7 Å². The van der Waals surface area contributed by atoms with E-state index in [0.29, 0.717) is 25.4 Å². The van der Waals surface area contributed by atoms with E-state index in [2.05, 4.69) is 30.0 Å². The van der Waals surface area contributed by atoms with Crippen molar-refractivity contribution in [2.24, 2.45) is 0 Å². The first-order chi connectivity index (χ1) is 11.9. The monoisotopic (exact) mass is 360 g/mol. The van der Waals surface area contributed by atoms with Gasteiger partial charge in [-0.15, -0.1) is 11.3 Å². The number of phenols is 1. The van der Waals surface area contributed by atoms with Crippen LogP contribution in [0.25, 0.3) is 10.4 Å². The van der Waals surface area contributed by atoms with Crippen LogP contribution in [0.5, 0.6) is 11.5 Å². The van der Waals surface area contributed by atoms with Crippen molar-refractivity contribution in [3.05, 3.63) is 34.7 Å². The van der Waals surface area contributed by atoms with Gasteiger partial charge in [-0.3, -0.25) is 9.69 Å². The molecule has 1 amide bonds. The molecule has 6 heteroatoms. The van der Waals surface area contributed by atoms with Crippen molar-refractivity contribution in [2.75, 3.05) is 27.2 Å². The molecule has 1 aromatic heterocycles. The molecule has 5 nitrogen and oxygen atoms in total. The summed E-state index contributed by atoms with van der Waals surface area (Å²) in [6.45, 7) is 5.64. The Morgan fingerprint density at radius 3 is 2.76 bits per heavy atom. The Morgan fingerprint density at radius 1 is 1.36 bits per heavy atom. The molecule has 1 aromatic carbocycles. The van der Waals surface area contributed by atoms with Crippen molar-refractivity contribution in [1.29, 1.82) is 0 Å². The van der Waals surface area contributed by atoms with E-state index in [1.165, 1.54) is 4.88 Å². The molecule has 0 radical (unpaired) electrons. The SMILES string of the molecule is Cc1ccc(-c2cc(O)c3c(c2)CN(C(C)C(=O)N(C)C)CCO3)s1. The molecule has 0 saturated heterocycles. The molecule has 2 heterocycles. The zero-order valence-corrected chi connectivity index (χ0v) is 15.9. The molecule has 25 heavy (non-hydrogen) atoms. The first-order valence-corrected chi connectivity index (χ1v) is 9.19. The first kappa shape index (κ1) is 17.8. The molecule has 1 unspecified atom stereocenters. The number of fused-ring (bicyclic) bond motifs is 1. The number of phenolic OH excluding ortho intramolecular Hbond substituents is 1. The lowest BCUT2D eigenvalue weighted by atomic mass is 10.1. The van der Waals surface area contributed by atoms with Crippen molar-refractivity contribution in [1.82, 2.24) is 9.80 Å². The second-order valence-corrected chi connectivity index (χ2v) is 7.91. The second-order valence-electron chi connectivity index (χ2n) is 6.62. The van der Waals surface area contributed by atoms with E-state index in [9.17, 15) is 9.90 Å². The minimum Gasteiger partial charge on any atom is -0.504 e. The molecule has 0 saturated carbocycles. The summed E-state index contributed by atoms with van der Waals surface area (Å²) in [5.74, 6) is 0.758. The molecular formula is C19H24N2O3S. The van der Waals surface area contributed by atoms with Crippen molar-refractivity contribution in [3.8, 4) is 21.9 Å². The number of amides is 1. The van der Waals surface area contributed by atoms with Crippen LogP contribution >= 0.6 is 11.3 Å². The second kappa shape index (κ2) is 7.06. The number of carbonyl (C=O) groups excluding carboxylic acids is 1. The molecule has 1 aliphatic heterocycles. The largest absolute Gasteiger partial charge is 0.504 e. The van der Waals surface area contributed by atoms with Crippen LogP contribution in [-0.2, 0) is 11.3 Å². The Hall–Kier alpha value is -2.05. The Kier molecular flexibility index (Phi) is 5.01. The van der Waals surface area contributed by atoms with E-state index in [0.717, 1.165) is 16.0 Å². The lowest BCUT2D eigenvalue weighted by Gasteiger charge is -2.28. The van der Waals surface area contributed by atoms with Gasteiger partial charge in [-0.2, -0.15) is 0 Å². The fraction of sp³-hybridized carbons (Fsp3) is 0.421. The first-order valence-electron chi connectivity index (χ1n) is 8.37. The van der Waals surface area contributed by atoms with Crippen LogP contribution in [-0.4, -0.2) is 54.1 Å². The van der Waals surface area contributed by atoms with Crippen molar-refractivity contribution >= 4 is 17.2 Å². The van der Waals surface area contributed by atoms with E-state index in [-0.39, 0.29) is 17.7 Å². The molecule has 0 fully saturated rings. The van der Waals surface area contributed by atoms with Crippen molar-refractivity contribution in [2.45, 2.75) is 26.4 Å². The van der Waals surface area contributed by atoms with E-state index in [1.54, 1.807) is 36.4 Å². The van der Waals surface area contributed by atoms with Gasteiger partial charge in [0.15, 0.2) is 11.5 Å². The van der Waals surface area contributed by atoms with Gasteiger partial charge in [0.2, 0.25) is 5.91 Å². The predicted molar refractivity (Wildman–Crippen MR) is 100 cm³/mol. The van der Waals surface area contributed by atoms with Gasteiger partial charge in [0.1, 0.15) is 6.61 Å². The summed E-state index contributed by atoms with van der Waals surface area (Å²) in [6, 6.07) is 7.72. The van der Waals surface area contributed by atoms with Gasteiger partial charge in [-0.1, -0.05) is 0 Å². The van der Waals surface area contributed by atoms with E-state index in [4.69, 9.17) is 4.74 Å². The van der Waals surface area contributed by atoms with Crippen LogP contribution in [0.2, 0.25) is 0 Å². The Bertz CT molecular complexity index is 785. The number of carbonyl (C=O) groups is 1. The summed E-state index contributed by atoms with van der Waals surface area (Å²) < 4.78 is 5.78. The third-order valence-electron chi connectivity index (χ3n) is 4.52. The van der Waals surface area contributed by atoms with E-state index < -0.39 is 0 Å². The number of nitrogens with zero attached hydrogens (tertiary/aromatic N) is 2. The number of hydrogen-bond acceptors (Lipinski definition) is 5. The molecule has 0 aliphatic carbocycles. The standard InChI is InChI=1S/C19H24N2O3S/c1-12-5-6-17(25-12)14-9-15-11-21(13(2)19(23)20(3)4)7-8-24-18(15)16(22)10-14/h5-6,9-10,13,22H,7-8,11H2,1-4H3. The lowest BCUT2D eigenvalue weighted by molar-refractivity contribution is -0.134. The predicted octanol–water partition coefficient (Wildman–Crippen LogP) is 3.10. The summed E-state index contributed by atoms with van der Waals surface area (Å²) >= 11 is 1.70. The fourth-order valence-corrected chi connectivity index (χ4v) is 3.97. The summed E-state index contributed by atoms with van der Waals surface area (Å²) in [5, 5.41) is 10.4. The fourth-order valence-electron chi connectivity index (χ4n) is 3.11. The van der Waals surface area contributed by atoms with Gasteiger partial charge in [0.05, 0.1) is 6.04 Å². The highest BCUT2D eigenvalue weighted by Crippen LogP contribution is 2.39. The van der Waals surface area contributed by atoms with Crippen molar-refractivity contribution < 1.29 is 14.6 Å². The van der Waals surface area contributed by atoms with Crippen LogP contribution in [0.4, 0.5) is 0 Å². The Labute approximate surface area is 152 Å². The zero-order valence-electron chi connectivity index (χ0n) is 15.1. The van der Waals surface area contributed by atoms with Gasteiger partial charge >= 0.3 is 0 Å². The summed E-state index contributed by atoms with van der Waals surface area (Å²) in [6.07, 6.45) is 0. The lowest BCUT2D eigenvalue weighted by Crippen LogP contribution is -2.45. The Balaban J connectivity index is 1.94. The van der Waals surface area contributed by atoms with Gasteiger partial charge in [0, 0.05) is 42.5 Å². The number of likely N-dealkylation sites (N-methyl/N-ethyl adjacent to an activating group) is 1. The molecule has 134 valence electrons. The third kappa shape index (κ3) is 3.65. The van der Waals surface area contributed by atoms with E-state index >= 15 is 0 Å². The van der Waals surface area contributed by atoms with Gasteiger partial charge < -0.3 is 14.7 Å². The number of benzene rings is 1. The number of aromatic hydroxyl groups is 1. The third-order valence-corrected chi connectivity index (χ3v) is 5.57. The summed E-state index contributed by atoms with van der Waals surface area (Å²) in [5.41, 5.74) is 1.89. The average molecular weight is 360 g/mol. The maximum atomic E-state index is 12.3. The Morgan fingerprint density at radius 2 is 2.12 bits per heavy atom. The highest BCUT2D eigenvalue weighted by Gasteiger charge is 2.27. The minimum absolute atomic E-state index is 0.0673. The topological polar surface area (TPSA) is 53.0 Å². The van der Waals surface area contributed by atoms with Gasteiger partial charge in [-0.25, -0.2) is 0 Å². The highest BCUT2D eigenvalue weighted by atomic mass is 32.1. The van der Waals surface area contributed by atoms with E-state index in [1.807, 2.05) is 6.92 Å². The van der Waals surface area contributed by atoms with Crippen molar-refractivity contribution in [3.63, 3.8) is 0 Å². The molecule has 1 atom stereocenters. The van der Waals surface area contributed by atoms with Crippen LogP contribution in [0, 0.1) is 6.92 Å². The van der Waals surface area contributed by atoms with Crippen LogP contribution in [0.15, 0.2) is 24.3 Å². The van der Waals surface area contributed by atoms with Crippen LogP contribution in [0.3, 0.4) is 0 Å². The average Bonchev–Trinajstić information content (AvgIpc) is 2.88. The molecular weight excluding hydrogens is 336 g/mol. The highest BCUT2D eigenvalue weighted by molar-refractivity contribution is 7.15. The van der Waals surface area contributed by atoms with Gasteiger partial charge in [0.25, 0.3) is 0 Å². The number of aryl methyl sites for hydroxylation is 1. The summed E-state index contributed by atoms with van der Waals surface area (Å²) in [7, 11) is 3.54. The quantitative estimate of drug-likeness (QED) is 0.914. The normalized spacial score (nSPS) is 15.8. The maximum Gasteiger partial charge on any atom is 0.239 e. The number of hydrogen-bond donors (Lipinski definition) is 1. The molecule has 3 rings (SSSR count). The molecule has 1 N–H and O–H groups in total. The smallest absolute Gasteiger partial charge is 0.239 e. The molecule has 0 spiro atoms. The van der Waals surface area contributed by atoms with Crippen LogP contribution < -0.4 is 4.74 Å². The minimum atomic E-state index is -0.237. The number of ether oxygens (including phenoxy) is 1. The molecule has 2 aromatic rings. The molecule has 0 bridgehead atoms. The molecule has 1 aliphatic rings. The zero-order chi connectivity index (χ0) is 18.1. The number of rotatable bonds is 3. The number of thiophene rings is 1. The summed E-state index contributed by atoms with van der Waals surface area (Å²) in [4.78, 5) is 18.4. The van der Waals surface area contributed by atoms with Crippen LogP contribution in [0.1, 0.15) is 17.4 Å². The maximum absolute atomic E-state index is 12.3.